The van der Waals surface area contributed by atoms with Crippen molar-refractivity contribution in [3.05, 3.63) is 12.2 Å². The van der Waals surface area contributed by atoms with Crippen LogP contribution in [-0.4, -0.2) is 38.6 Å². The maximum atomic E-state index is 11.0. The van der Waals surface area contributed by atoms with E-state index in [2.05, 4.69) is 42.8 Å². The molecule has 0 fully saturated rings. The van der Waals surface area contributed by atoms with Gasteiger partial charge < -0.3 is 9.64 Å². The number of hydrogen-bond acceptors (Lipinski definition) is 3. The molecule has 0 saturated carbocycles. The first-order valence-electron chi connectivity index (χ1n) is 15.0. The predicted molar refractivity (Wildman–Crippen MR) is 150 cm³/mol. The molecule has 0 amide bonds. The zero-order valence-corrected chi connectivity index (χ0v) is 23.8. The first-order valence-corrected chi connectivity index (χ1v) is 15.0. The van der Waals surface area contributed by atoms with Gasteiger partial charge in [0, 0.05) is 13.0 Å². The number of ether oxygens (including phenoxy) is 1. The van der Waals surface area contributed by atoms with Gasteiger partial charge in [-0.3, -0.25) is 4.79 Å². The van der Waals surface area contributed by atoms with Gasteiger partial charge in [0.2, 0.25) is 0 Å². The van der Waals surface area contributed by atoms with Crippen LogP contribution in [0.1, 0.15) is 148 Å². The Labute approximate surface area is 214 Å². The van der Waals surface area contributed by atoms with Crippen molar-refractivity contribution in [1.29, 1.82) is 0 Å². The van der Waals surface area contributed by atoms with Crippen LogP contribution in [0.5, 0.6) is 0 Å². The number of esters is 1. The Bertz CT molecular complexity index is 447. The van der Waals surface area contributed by atoms with Crippen LogP contribution in [-0.2, 0) is 9.53 Å². The Balaban J connectivity index is 3.49. The van der Waals surface area contributed by atoms with Crippen LogP contribution in [0.3, 0.4) is 0 Å². The van der Waals surface area contributed by atoms with Gasteiger partial charge in [-0.05, 0) is 65.0 Å². The molecule has 0 heterocycles. The second-order valence-corrected chi connectivity index (χ2v) is 10.7. The van der Waals surface area contributed by atoms with Crippen LogP contribution < -0.4 is 0 Å². The zero-order chi connectivity index (χ0) is 25.1. The van der Waals surface area contributed by atoms with E-state index in [-0.39, 0.29) is 5.97 Å². The van der Waals surface area contributed by atoms with E-state index in [1.807, 2.05) is 0 Å². The molecule has 202 valence electrons. The summed E-state index contributed by atoms with van der Waals surface area (Å²) in [6.07, 6.45) is 33.5. The predicted octanol–water partition coefficient (Wildman–Crippen LogP) is 9.50. The molecular weight excluding hydrogens is 418 g/mol. The Kier molecular flexibility index (Phi) is 26.1. The second-order valence-electron chi connectivity index (χ2n) is 10.7. The highest BCUT2D eigenvalue weighted by Crippen LogP contribution is 2.20. The summed E-state index contributed by atoms with van der Waals surface area (Å²) in [4.78, 5) is 13.4. The van der Waals surface area contributed by atoms with Crippen molar-refractivity contribution in [2.45, 2.75) is 148 Å². The average Bonchev–Trinajstić information content (AvgIpc) is 2.82. The van der Waals surface area contributed by atoms with E-state index in [9.17, 15) is 4.79 Å². The fraction of sp³-hybridized carbons (Fsp3) is 0.903. The third kappa shape index (κ3) is 25.8. The lowest BCUT2D eigenvalue weighted by atomic mass is 9.93. The SMILES string of the molecule is CCCCCCCCC(CCCCCCCC/C=C\CCCCCCCC(=O)OC)CN(C)C. The molecule has 0 aromatic carbocycles. The number of allylic oxidation sites excluding steroid dienone is 2. The summed E-state index contributed by atoms with van der Waals surface area (Å²) in [6.45, 7) is 3.57. The molecule has 0 N–H and O–H groups in total. The normalized spacial score (nSPS) is 12.6. The standard InChI is InChI=1S/C31H61NO2/c1-5-6-7-8-20-23-26-30(29-32(2)3)27-24-21-18-16-14-12-10-9-11-13-15-17-19-22-25-28-31(33)34-4/h9,11,30H,5-8,10,12-29H2,1-4H3/b11-9-. The minimum absolute atomic E-state index is 0.0737. The number of nitrogens with zero attached hydrogens (tertiary/aromatic N) is 1. The molecule has 0 radical (unpaired) electrons. The molecule has 0 saturated heterocycles. The lowest BCUT2D eigenvalue weighted by molar-refractivity contribution is -0.140. The molecule has 34 heavy (non-hydrogen) atoms. The number of hydrogen-bond donors (Lipinski definition) is 0. The van der Waals surface area contributed by atoms with Gasteiger partial charge in [-0.1, -0.05) is 109 Å². The summed E-state index contributed by atoms with van der Waals surface area (Å²) >= 11 is 0. The Morgan fingerprint density at radius 3 is 1.59 bits per heavy atom. The van der Waals surface area contributed by atoms with Crippen molar-refractivity contribution >= 4 is 5.97 Å². The maximum absolute atomic E-state index is 11.0. The Hall–Kier alpha value is -0.830. The molecule has 0 aliphatic heterocycles. The molecule has 0 bridgehead atoms. The topological polar surface area (TPSA) is 29.5 Å². The molecule has 0 aliphatic carbocycles. The van der Waals surface area contributed by atoms with E-state index in [4.69, 9.17) is 0 Å². The number of methoxy groups -OCH3 is 1. The van der Waals surface area contributed by atoms with Gasteiger partial charge in [-0.2, -0.15) is 0 Å². The van der Waals surface area contributed by atoms with Crippen LogP contribution in [0, 0.1) is 5.92 Å². The number of rotatable bonds is 26. The molecule has 0 spiro atoms. The minimum Gasteiger partial charge on any atom is -0.469 e. The van der Waals surface area contributed by atoms with Crippen LogP contribution in [0.2, 0.25) is 0 Å². The molecule has 3 heteroatoms. The smallest absolute Gasteiger partial charge is 0.305 e. The Morgan fingerprint density at radius 1 is 0.676 bits per heavy atom. The molecule has 1 atom stereocenters. The lowest BCUT2D eigenvalue weighted by Crippen LogP contribution is -2.21. The van der Waals surface area contributed by atoms with Gasteiger partial charge in [-0.15, -0.1) is 0 Å². The van der Waals surface area contributed by atoms with Crippen LogP contribution >= 0.6 is 0 Å². The first kappa shape index (κ1) is 33.2. The van der Waals surface area contributed by atoms with E-state index < -0.39 is 0 Å². The van der Waals surface area contributed by atoms with E-state index in [1.54, 1.807) is 0 Å². The number of unbranched alkanes of at least 4 members (excludes halogenated alkanes) is 16. The largest absolute Gasteiger partial charge is 0.469 e. The third-order valence-corrected chi connectivity index (χ3v) is 6.97. The third-order valence-electron chi connectivity index (χ3n) is 6.97. The van der Waals surface area contributed by atoms with Gasteiger partial charge in [0.15, 0.2) is 0 Å². The molecule has 0 rings (SSSR count). The van der Waals surface area contributed by atoms with E-state index in [1.165, 1.54) is 136 Å². The van der Waals surface area contributed by atoms with Gasteiger partial charge in [-0.25, -0.2) is 0 Å². The number of carbonyl (C=O) groups is 1. The summed E-state index contributed by atoms with van der Waals surface area (Å²) in [6, 6.07) is 0. The fourth-order valence-electron chi connectivity index (χ4n) is 4.86. The average molecular weight is 480 g/mol. The van der Waals surface area contributed by atoms with E-state index >= 15 is 0 Å². The summed E-state index contributed by atoms with van der Waals surface area (Å²) in [5.74, 6) is 0.835. The van der Waals surface area contributed by atoms with Gasteiger partial charge in [0.25, 0.3) is 0 Å². The fourth-order valence-corrected chi connectivity index (χ4v) is 4.86. The summed E-state index contributed by atoms with van der Waals surface area (Å²) in [5, 5.41) is 0. The summed E-state index contributed by atoms with van der Waals surface area (Å²) in [7, 11) is 5.94. The molecular formula is C31H61NO2. The Morgan fingerprint density at radius 2 is 1.12 bits per heavy atom. The molecule has 0 aliphatic rings. The lowest BCUT2D eigenvalue weighted by Gasteiger charge is -2.21. The zero-order valence-electron chi connectivity index (χ0n) is 23.8. The molecule has 1 unspecified atom stereocenters. The highest BCUT2D eigenvalue weighted by molar-refractivity contribution is 5.68. The second kappa shape index (κ2) is 26.8. The van der Waals surface area contributed by atoms with Gasteiger partial charge >= 0.3 is 5.97 Å². The van der Waals surface area contributed by atoms with Crippen molar-refractivity contribution in [2.75, 3.05) is 27.7 Å². The highest BCUT2D eigenvalue weighted by Gasteiger charge is 2.09. The molecule has 0 aromatic heterocycles. The quantitative estimate of drug-likeness (QED) is 0.0702. The van der Waals surface area contributed by atoms with Crippen molar-refractivity contribution < 1.29 is 9.53 Å². The van der Waals surface area contributed by atoms with Crippen molar-refractivity contribution in [3.8, 4) is 0 Å². The first-order chi connectivity index (χ1) is 16.6. The summed E-state index contributed by atoms with van der Waals surface area (Å²) in [5.41, 5.74) is 0. The van der Waals surface area contributed by atoms with E-state index in [0.29, 0.717) is 6.42 Å². The molecule has 0 aromatic rings. The van der Waals surface area contributed by atoms with Crippen LogP contribution in [0.25, 0.3) is 0 Å². The highest BCUT2D eigenvalue weighted by atomic mass is 16.5. The van der Waals surface area contributed by atoms with Gasteiger partial charge in [0.1, 0.15) is 0 Å². The van der Waals surface area contributed by atoms with Crippen LogP contribution in [0.4, 0.5) is 0 Å². The van der Waals surface area contributed by atoms with Crippen LogP contribution in [0.15, 0.2) is 12.2 Å². The van der Waals surface area contributed by atoms with Crippen molar-refractivity contribution in [3.63, 3.8) is 0 Å². The van der Waals surface area contributed by atoms with Crippen molar-refractivity contribution in [2.24, 2.45) is 5.92 Å². The van der Waals surface area contributed by atoms with E-state index in [0.717, 1.165) is 18.8 Å². The minimum atomic E-state index is -0.0737. The number of carbonyl (C=O) groups excluding carboxylic acids is 1. The summed E-state index contributed by atoms with van der Waals surface area (Å²) < 4.78 is 4.67. The maximum Gasteiger partial charge on any atom is 0.305 e. The van der Waals surface area contributed by atoms with Gasteiger partial charge in [0.05, 0.1) is 7.11 Å². The molecule has 3 nitrogen and oxygen atoms in total. The van der Waals surface area contributed by atoms with Crippen molar-refractivity contribution in [1.82, 2.24) is 4.90 Å². The monoisotopic (exact) mass is 479 g/mol.